The van der Waals surface area contributed by atoms with Crippen LogP contribution in [0.5, 0.6) is 0 Å². The molecule has 1 amide bonds. The van der Waals surface area contributed by atoms with Gasteiger partial charge in [0.05, 0.1) is 18.2 Å². The molecule has 1 aromatic rings. The molecule has 1 aromatic carbocycles. The third kappa shape index (κ3) is 4.81. The molecule has 1 saturated heterocycles. The zero-order valence-electron chi connectivity index (χ0n) is 15.5. The molecule has 0 saturated carbocycles. The van der Waals surface area contributed by atoms with E-state index in [1.165, 1.54) is 5.56 Å². The largest absolute Gasteiger partial charge is 0.393 e. The Morgan fingerprint density at radius 2 is 1.79 bits per heavy atom. The van der Waals surface area contributed by atoms with Gasteiger partial charge in [0.1, 0.15) is 0 Å². The highest BCUT2D eigenvalue weighted by molar-refractivity contribution is 5.81. The second-order valence-corrected chi connectivity index (χ2v) is 7.12. The molecule has 134 valence electrons. The first kappa shape index (κ1) is 18.9. The molecule has 0 aromatic heterocycles. The highest BCUT2D eigenvalue weighted by Gasteiger charge is 2.28. The summed E-state index contributed by atoms with van der Waals surface area (Å²) in [6.07, 6.45) is 2.70. The van der Waals surface area contributed by atoms with E-state index in [4.69, 9.17) is 0 Å². The number of nitrogens with zero attached hydrogens (tertiary/aromatic N) is 1. The molecule has 1 fully saturated rings. The number of aliphatic hydroxyl groups excluding tert-OH is 1. The topological polar surface area (TPSA) is 52.6 Å². The van der Waals surface area contributed by atoms with E-state index in [0.717, 1.165) is 37.9 Å². The lowest BCUT2D eigenvalue weighted by atomic mass is 9.91. The van der Waals surface area contributed by atoms with E-state index >= 15 is 0 Å². The molecular weight excluding hydrogens is 300 g/mol. The van der Waals surface area contributed by atoms with E-state index in [0.29, 0.717) is 5.92 Å². The Balaban J connectivity index is 1.86. The molecule has 4 heteroatoms. The maximum absolute atomic E-state index is 12.6. The van der Waals surface area contributed by atoms with Gasteiger partial charge in [-0.1, -0.05) is 31.2 Å². The number of aryl methyl sites for hydroxylation is 1. The Kier molecular flexibility index (Phi) is 6.81. The summed E-state index contributed by atoms with van der Waals surface area (Å²) in [6.45, 7) is 9.77. The van der Waals surface area contributed by atoms with Gasteiger partial charge < -0.3 is 10.4 Å². The Morgan fingerprint density at radius 3 is 2.29 bits per heavy atom. The molecule has 3 atom stereocenters. The predicted molar refractivity (Wildman–Crippen MR) is 97.8 cm³/mol. The first-order valence-corrected chi connectivity index (χ1v) is 9.23. The molecule has 24 heavy (non-hydrogen) atoms. The number of rotatable bonds is 6. The van der Waals surface area contributed by atoms with Crippen molar-refractivity contribution in [1.29, 1.82) is 0 Å². The van der Waals surface area contributed by atoms with Crippen molar-refractivity contribution in [2.24, 2.45) is 5.92 Å². The van der Waals surface area contributed by atoms with Crippen LogP contribution in [0.3, 0.4) is 0 Å². The lowest BCUT2D eigenvalue weighted by Gasteiger charge is -2.36. The second kappa shape index (κ2) is 8.63. The average molecular weight is 332 g/mol. The molecule has 1 aliphatic heterocycles. The van der Waals surface area contributed by atoms with E-state index < -0.39 is 0 Å². The highest BCUT2D eigenvalue weighted by atomic mass is 16.3. The molecule has 0 radical (unpaired) electrons. The number of nitrogens with one attached hydrogen (secondary N) is 1. The van der Waals surface area contributed by atoms with Gasteiger partial charge in [-0.2, -0.15) is 0 Å². The smallest absolute Gasteiger partial charge is 0.237 e. The average Bonchev–Trinajstić information content (AvgIpc) is 2.61. The maximum atomic E-state index is 12.6. The Hall–Kier alpha value is -1.39. The van der Waals surface area contributed by atoms with Crippen LogP contribution in [0.1, 0.15) is 57.7 Å². The quantitative estimate of drug-likeness (QED) is 0.842. The first-order valence-electron chi connectivity index (χ1n) is 9.23. The van der Waals surface area contributed by atoms with Crippen LogP contribution in [-0.4, -0.2) is 41.1 Å². The molecule has 0 spiro atoms. The van der Waals surface area contributed by atoms with Crippen molar-refractivity contribution in [1.82, 2.24) is 10.2 Å². The van der Waals surface area contributed by atoms with Gasteiger partial charge in [-0.25, -0.2) is 0 Å². The molecule has 2 rings (SSSR count). The lowest BCUT2D eigenvalue weighted by molar-refractivity contribution is -0.127. The fraction of sp³-hybridized carbons (Fsp3) is 0.650. The van der Waals surface area contributed by atoms with E-state index in [9.17, 15) is 9.90 Å². The molecule has 1 heterocycles. The fourth-order valence-corrected chi connectivity index (χ4v) is 3.41. The number of amides is 1. The van der Waals surface area contributed by atoms with Crippen molar-refractivity contribution in [2.45, 2.75) is 65.1 Å². The van der Waals surface area contributed by atoms with Crippen LogP contribution in [0.2, 0.25) is 0 Å². The Labute approximate surface area is 146 Å². The minimum absolute atomic E-state index is 0.0147. The maximum Gasteiger partial charge on any atom is 0.237 e. The van der Waals surface area contributed by atoms with Crippen LogP contribution in [0.25, 0.3) is 0 Å². The number of benzene rings is 1. The third-order valence-corrected chi connectivity index (χ3v) is 5.43. The predicted octanol–water partition coefficient (Wildman–Crippen LogP) is 2.91. The minimum Gasteiger partial charge on any atom is -0.393 e. The number of aliphatic hydroxyl groups is 1. The molecule has 2 N–H and O–H groups in total. The summed E-state index contributed by atoms with van der Waals surface area (Å²) in [6, 6.07) is 8.34. The van der Waals surface area contributed by atoms with Crippen LogP contribution in [-0.2, 0) is 11.2 Å². The van der Waals surface area contributed by atoms with Gasteiger partial charge in [-0.3, -0.25) is 9.69 Å². The molecular formula is C20H32N2O2. The van der Waals surface area contributed by atoms with Crippen LogP contribution in [0.15, 0.2) is 24.3 Å². The second-order valence-electron chi connectivity index (χ2n) is 7.12. The minimum atomic E-state index is -0.248. The number of hydrogen-bond donors (Lipinski definition) is 2. The van der Waals surface area contributed by atoms with E-state index in [1.54, 1.807) is 0 Å². The summed E-state index contributed by atoms with van der Waals surface area (Å²) in [5.74, 6) is 0.449. The molecule has 3 unspecified atom stereocenters. The molecule has 0 aliphatic carbocycles. The molecule has 4 nitrogen and oxygen atoms in total. The molecule has 1 aliphatic rings. The summed E-state index contributed by atoms with van der Waals surface area (Å²) < 4.78 is 0. The molecule has 0 bridgehead atoms. The van der Waals surface area contributed by atoms with Crippen LogP contribution >= 0.6 is 0 Å². The number of likely N-dealkylation sites (tertiary alicyclic amines) is 1. The van der Waals surface area contributed by atoms with Gasteiger partial charge in [-0.15, -0.1) is 0 Å². The SMILES string of the molecule is CCc1ccc(C(C)NC(=O)C(C)N2CCC(C(C)O)CC2)cc1. The normalized spacial score (nSPS) is 20.4. The number of hydrogen-bond acceptors (Lipinski definition) is 3. The van der Waals surface area contributed by atoms with Crippen LogP contribution < -0.4 is 5.32 Å². The van der Waals surface area contributed by atoms with Crippen molar-refractivity contribution in [3.63, 3.8) is 0 Å². The van der Waals surface area contributed by atoms with Gasteiger partial charge in [0.2, 0.25) is 5.91 Å². The van der Waals surface area contributed by atoms with Gasteiger partial charge in [0.15, 0.2) is 0 Å². The van der Waals surface area contributed by atoms with E-state index in [1.807, 2.05) is 20.8 Å². The van der Waals surface area contributed by atoms with Gasteiger partial charge in [0, 0.05) is 0 Å². The van der Waals surface area contributed by atoms with Crippen molar-refractivity contribution in [3.05, 3.63) is 35.4 Å². The summed E-state index contributed by atoms with van der Waals surface area (Å²) in [5.41, 5.74) is 2.45. The summed E-state index contributed by atoms with van der Waals surface area (Å²) >= 11 is 0. The summed E-state index contributed by atoms with van der Waals surface area (Å²) in [5, 5.41) is 12.8. The van der Waals surface area contributed by atoms with Crippen molar-refractivity contribution < 1.29 is 9.90 Å². The lowest BCUT2D eigenvalue weighted by Crippen LogP contribution is -2.49. The van der Waals surface area contributed by atoms with Crippen molar-refractivity contribution >= 4 is 5.91 Å². The van der Waals surface area contributed by atoms with Gasteiger partial charge in [-0.05, 0) is 70.2 Å². The first-order chi connectivity index (χ1) is 11.4. The summed E-state index contributed by atoms with van der Waals surface area (Å²) in [7, 11) is 0. The monoisotopic (exact) mass is 332 g/mol. The standard InChI is InChI=1S/C20H32N2O2/c1-5-17-6-8-18(9-7-17)14(2)21-20(24)15(3)22-12-10-19(11-13-22)16(4)23/h6-9,14-16,19,23H,5,10-13H2,1-4H3,(H,21,24). The zero-order chi connectivity index (χ0) is 17.7. The van der Waals surface area contributed by atoms with Crippen molar-refractivity contribution in [2.75, 3.05) is 13.1 Å². The number of carbonyl (C=O) groups excluding carboxylic acids is 1. The number of carbonyl (C=O) groups is 1. The van der Waals surface area contributed by atoms with Crippen LogP contribution in [0.4, 0.5) is 0 Å². The van der Waals surface area contributed by atoms with Crippen LogP contribution in [0, 0.1) is 5.92 Å². The number of piperidine rings is 1. The summed E-state index contributed by atoms with van der Waals surface area (Å²) in [4.78, 5) is 14.8. The van der Waals surface area contributed by atoms with Gasteiger partial charge in [0.25, 0.3) is 0 Å². The van der Waals surface area contributed by atoms with Crippen molar-refractivity contribution in [3.8, 4) is 0 Å². The fourth-order valence-electron chi connectivity index (χ4n) is 3.41. The van der Waals surface area contributed by atoms with Gasteiger partial charge >= 0.3 is 0 Å². The third-order valence-electron chi connectivity index (χ3n) is 5.43. The Bertz CT molecular complexity index is 519. The Morgan fingerprint density at radius 1 is 1.21 bits per heavy atom. The highest BCUT2D eigenvalue weighted by Crippen LogP contribution is 2.22. The zero-order valence-corrected chi connectivity index (χ0v) is 15.5. The van der Waals surface area contributed by atoms with E-state index in [2.05, 4.69) is 41.4 Å². The van der Waals surface area contributed by atoms with E-state index in [-0.39, 0.29) is 24.1 Å².